The highest BCUT2D eigenvalue weighted by Crippen LogP contribution is 2.25. The zero-order chi connectivity index (χ0) is 15.4. The van der Waals surface area contributed by atoms with Crippen LogP contribution in [-0.4, -0.2) is 11.7 Å². The Labute approximate surface area is 127 Å². The lowest BCUT2D eigenvalue weighted by Crippen LogP contribution is -2.05. The summed E-state index contributed by atoms with van der Waals surface area (Å²) in [5.41, 5.74) is 5.93. The highest BCUT2D eigenvalue weighted by molar-refractivity contribution is 5.39. The molecule has 1 N–H and O–H groups in total. The van der Waals surface area contributed by atoms with Crippen LogP contribution in [0.25, 0.3) is 0 Å². The molecule has 0 bridgehead atoms. The van der Waals surface area contributed by atoms with Crippen molar-refractivity contribution >= 4 is 0 Å². The monoisotopic (exact) mass is 284 g/mol. The standard InChI is InChI=1S/C19H24O2/c1-5-21-17-8-6-16(7-9-17)19(20)12-18-14(3)10-13(2)11-15(18)4/h6-11,19-20H,5,12H2,1-4H3. The first-order chi connectivity index (χ1) is 10.0. The van der Waals surface area contributed by atoms with Crippen LogP contribution in [0.3, 0.4) is 0 Å². The summed E-state index contributed by atoms with van der Waals surface area (Å²) in [6, 6.07) is 12.1. The topological polar surface area (TPSA) is 29.5 Å². The molecule has 2 aromatic carbocycles. The van der Waals surface area contributed by atoms with Crippen LogP contribution in [0.4, 0.5) is 0 Å². The SMILES string of the molecule is CCOc1ccc(C(O)Cc2c(C)cc(C)cc2C)cc1. The van der Waals surface area contributed by atoms with Gasteiger partial charge in [0.15, 0.2) is 0 Å². The second-order valence-electron chi connectivity index (χ2n) is 5.60. The van der Waals surface area contributed by atoms with Crippen molar-refractivity contribution < 1.29 is 9.84 Å². The molecule has 2 heteroatoms. The molecular weight excluding hydrogens is 260 g/mol. The minimum atomic E-state index is -0.485. The summed E-state index contributed by atoms with van der Waals surface area (Å²) >= 11 is 0. The van der Waals surface area contributed by atoms with Crippen LogP contribution in [-0.2, 0) is 6.42 Å². The van der Waals surface area contributed by atoms with E-state index in [1.54, 1.807) is 0 Å². The fourth-order valence-corrected chi connectivity index (χ4v) is 2.80. The molecule has 0 aromatic heterocycles. The first-order valence-corrected chi connectivity index (χ1v) is 7.48. The van der Waals surface area contributed by atoms with Crippen LogP contribution in [0.1, 0.15) is 40.8 Å². The third-order valence-corrected chi connectivity index (χ3v) is 3.81. The van der Waals surface area contributed by atoms with Gasteiger partial charge in [-0.15, -0.1) is 0 Å². The Kier molecular flexibility index (Phi) is 5.03. The lowest BCUT2D eigenvalue weighted by molar-refractivity contribution is 0.178. The summed E-state index contributed by atoms with van der Waals surface area (Å²) in [5, 5.41) is 10.5. The molecule has 0 fully saturated rings. The smallest absolute Gasteiger partial charge is 0.119 e. The van der Waals surface area contributed by atoms with Crippen LogP contribution in [0.5, 0.6) is 5.75 Å². The maximum absolute atomic E-state index is 10.5. The summed E-state index contributed by atoms with van der Waals surface area (Å²) in [6.45, 7) is 8.95. The van der Waals surface area contributed by atoms with E-state index in [-0.39, 0.29) is 0 Å². The molecule has 2 nitrogen and oxygen atoms in total. The van der Waals surface area contributed by atoms with E-state index in [9.17, 15) is 5.11 Å². The summed E-state index contributed by atoms with van der Waals surface area (Å²) < 4.78 is 5.43. The van der Waals surface area contributed by atoms with Crippen molar-refractivity contribution in [1.29, 1.82) is 0 Å². The van der Waals surface area contributed by atoms with Gasteiger partial charge >= 0.3 is 0 Å². The van der Waals surface area contributed by atoms with Crippen LogP contribution < -0.4 is 4.74 Å². The average molecular weight is 284 g/mol. The van der Waals surface area contributed by atoms with E-state index < -0.39 is 6.10 Å². The normalized spacial score (nSPS) is 12.2. The summed E-state index contributed by atoms with van der Waals surface area (Å²) in [4.78, 5) is 0. The van der Waals surface area contributed by atoms with E-state index in [2.05, 4.69) is 32.9 Å². The highest BCUT2D eigenvalue weighted by atomic mass is 16.5. The Morgan fingerprint density at radius 1 is 1.00 bits per heavy atom. The maximum atomic E-state index is 10.5. The van der Waals surface area contributed by atoms with Gasteiger partial charge in [0.1, 0.15) is 5.75 Å². The number of aryl methyl sites for hydroxylation is 3. The Balaban J connectivity index is 2.16. The minimum absolute atomic E-state index is 0.485. The van der Waals surface area contributed by atoms with Gasteiger partial charge in [-0.2, -0.15) is 0 Å². The van der Waals surface area contributed by atoms with Crippen molar-refractivity contribution in [2.75, 3.05) is 6.61 Å². The van der Waals surface area contributed by atoms with Crippen LogP contribution in [0, 0.1) is 20.8 Å². The molecule has 0 heterocycles. The predicted molar refractivity (Wildman–Crippen MR) is 86.9 cm³/mol. The molecule has 0 amide bonds. The van der Waals surface area contributed by atoms with Crippen molar-refractivity contribution in [1.82, 2.24) is 0 Å². The Morgan fingerprint density at radius 3 is 2.10 bits per heavy atom. The molecule has 112 valence electrons. The Hall–Kier alpha value is -1.80. The summed E-state index contributed by atoms with van der Waals surface area (Å²) in [5.74, 6) is 0.844. The molecule has 0 aliphatic heterocycles. The molecule has 0 saturated carbocycles. The van der Waals surface area contributed by atoms with Crippen LogP contribution in [0.15, 0.2) is 36.4 Å². The number of aliphatic hydroxyl groups excluding tert-OH is 1. The fourth-order valence-electron chi connectivity index (χ4n) is 2.80. The second-order valence-corrected chi connectivity index (χ2v) is 5.60. The number of benzene rings is 2. The molecule has 0 radical (unpaired) electrons. The molecule has 2 aromatic rings. The van der Waals surface area contributed by atoms with Gasteiger partial charge < -0.3 is 9.84 Å². The molecule has 2 rings (SSSR count). The molecule has 0 aliphatic carbocycles. The molecule has 0 spiro atoms. The van der Waals surface area contributed by atoms with Crippen LogP contribution in [0.2, 0.25) is 0 Å². The molecule has 0 saturated heterocycles. The third-order valence-electron chi connectivity index (χ3n) is 3.81. The van der Waals surface area contributed by atoms with E-state index in [1.165, 1.54) is 22.3 Å². The zero-order valence-electron chi connectivity index (χ0n) is 13.3. The number of hydrogen-bond donors (Lipinski definition) is 1. The van der Waals surface area contributed by atoms with Gasteiger partial charge in [0.25, 0.3) is 0 Å². The number of rotatable bonds is 5. The maximum Gasteiger partial charge on any atom is 0.119 e. The molecule has 1 unspecified atom stereocenters. The van der Waals surface area contributed by atoms with Crippen LogP contribution >= 0.6 is 0 Å². The molecular formula is C19H24O2. The Morgan fingerprint density at radius 2 is 1.57 bits per heavy atom. The minimum Gasteiger partial charge on any atom is -0.494 e. The summed E-state index contributed by atoms with van der Waals surface area (Å²) in [7, 11) is 0. The van der Waals surface area contributed by atoms with Gasteiger partial charge in [-0.3, -0.25) is 0 Å². The predicted octanol–water partition coefficient (Wildman–Crippen LogP) is 4.29. The van der Waals surface area contributed by atoms with Crippen molar-refractivity contribution in [3.8, 4) is 5.75 Å². The van der Waals surface area contributed by atoms with Crippen molar-refractivity contribution in [3.05, 3.63) is 64.2 Å². The number of hydrogen-bond acceptors (Lipinski definition) is 2. The van der Waals surface area contributed by atoms with E-state index in [4.69, 9.17) is 4.74 Å². The number of ether oxygens (including phenoxy) is 1. The first kappa shape index (κ1) is 15.6. The molecule has 0 aliphatic rings. The van der Waals surface area contributed by atoms with Gasteiger partial charge in [-0.05, 0) is 62.1 Å². The lowest BCUT2D eigenvalue weighted by atomic mass is 9.93. The van der Waals surface area contributed by atoms with E-state index >= 15 is 0 Å². The lowest BCUT2D eigenvalue weighted by Gasteiger charge is -2.16. The quantitative estimate of drug-likeness (QED) is 0.887. The fraction of sp³-hybridized carbons (Fsp3) is 0.368. The van der Waals surface area contributed by atoms with Gasteiger partial charge in [-0.1, -0.05) is 29.8 Å². The second kappa shape index (κ2) is 6.77. The van der Waals surface area contributed by atoms with Gasteiger partial charge in [0, 0.05) is 6.42 Å². The zero-order valence-corrected chi connectivity index (χ0v) is 13.3. The van der Waals surface area contributed by atoms with Crippen molar-refractivity contribution in [2.24, 2.45) is 0 Å². The average Bonchev–Trinajstić information content (AvgIpc) is 2.43. The molecule has 21 heavy (non-hydrogen) atoms. The van der Waals surface area contributed by atoms with Gasteiger partial charge in [-0.25, -0.2) is 0 Å². The summed E-state index contributed by atoms with van der Waals surface area (Å²) in [6.07, 6.45) is 0.159. The highest BCUT2D eigenvalue weighted by Gasteiger charge is 2.12. The third kappa shape index (κ3) is 3.85. The largest absolute Gasteiger partial charge is 0.494 e. The first-order valence-electron chi connectivity index (χ1n) is 7.48. The number of aliphatic hydroxyl groups is 1. The molecule has 1 atom stereocenters. The van der Waals surface area contributed by atoms with Crippen molar-refractivity contribution in [2.45, 2.75) is 40.2 Å². The van der Waals surface area contributed by atoms with E-state index in [0.29, 0.717) is 13.0 Å². The van der Waals surface area contributed by atoms with Gasteiger partial charge in [0.2, 0.25) is 0 Å². The van der Waals surface area contributed by atoms with Gasteiger partial charge in [0.05, 0.1) is 12.7 Å². The van der Waals surface area contributed by atoms with E-state index in [1.807, 2.05) is 31.2 Å². The van der Waals surface area contributed by atoms with E-state index in [0.717, 1.165) is 11.3 Å². The Bertz CT molecular complexity index is 576. The van der Waals surface area contributed by atoms with Crippen molar-refractivity contribution in [3.63, 3.8) is 0 Å².